The Bertz CT molecular complexity index is 581. The second-order valence-corrected chi connectivity index (χ2v) is 4.77. The number of rotatable bonds is 3. The van der Waals surface area contributed by atoms with Crippen molar-refractivity contribution in [3.63, 3.8) is 0 Å². The van der Waals surface area contributed by atoms with Crippen LogP contribution in [-0.4, -0.2) is 10.6 Å². The molecule has 1 heterocycles. The van der Waals surface area contributed by atoms with Crippen molar-refractivity contribution in [1.82, 2.24) is 0 Å². The lowest BCUT2D eigenvalue weighted by Gasteiger charge is -2.05. The minimum absolute atomic E-state index is 0.415. The van der Waals surface area contributed by atoms with Gasteiger partial charge in [0.2, 0.25) is 0 Å². The van der Waals surface area contributed by atoms with Crippen molar-refractivity contribution < 1.29 is 38.6 Å². The number of hydrogen-bond donors (Lipinski definition) is 2. The molecule has 1 aromatic carbocycles. The molecule has 8 heteroatoms. The van der Waals surface area contributed by atoms with Crippen LogP contribution in [0.1, 0.15) is 11.1 Å². The summed E-state index contributed by atoms with van der Waals surface area (Å²) in [4.78, 5) is 0. The molecule has 112 valence electrons. The molecule has 0 aliphatic carbocycles. The van der Waals surface area contributed by atoms with Crippen molar-refractivity contribution in [3.8, 4) is 0 Å². The molecule has 0 bridgehead atoms. The van der Waals surface area contributed by atoms with Gasteiger partial charge >= 0.3 is 0 Å². The van der Waals surface area contributed by atoms with Gasteiger partial charge in [0, 0.05) is 17.2 Å². The number of hydrogen-bond acceptors (Lipinski definition) is 6. The second-order valence-electron chi connectivity index (χ2n) is 3.98. The normalized spacial score (nSPS) is 10.5. The lowest BCUT2D eigenvalue weighted by Crippen LogP contribution is -2.58. The lowest BCUT2D eigenvalue weighted by molar-refractivity contribution is -1.92. The first kappa shape index (κ1) is 17.0. The summed E-state index contributed by atoms with van der Waals surface area (Å²) in [5.41, 5.74) is 1.58. The van der Waals surface area contributed by atoms with Gasteiger partial charge in [-0.3, -0.25) is 0 Å². The maximum atomic E-state index is 10.9. The first-order chi connectivity index (χ1) is 9.75. The Hall–Kier alpha value is -2.03. The Labute approximate surface area is 123 Å². The van der Waals surface area contributed by atoms with Gasteiger partial charge in [-0.05, 0) is 12.0 Å². The molecule has 0 aliphatic heterocycles. The first-order valence-electron chi connectivity index (χ1n) is 5.68. The van der Waals surface area contributed by atoms with Crippen LogP contribution in [0.2, 0.25) is 0 Å². The first-order valence-corrected chi connectivity index (χ1v) is 6.94. The number of aromatic nitrogens is 1. The Balaban J connectivity index is 0.000000383. The predicted octanol–water partition coefficient (Wildman–Crippen LogP) is -3.42. The molecule has 0 amide bonds. The fourth-order valence-electron chi connectivity index (χ4n) is 1.55. The standard InChI is InChI=1S/C13H12N2O.ClHO4/c14-13(16)12-7-4-8-15(10-12)9-11-5-2-1-3-6-11;2-1(3,4)5/h1-8,10H,9H2,(H-,14,16);(H,2,3,4,5). The van der Waals surface area contributed by atoms with Crippen molar-refractivity contribution in [2.75, 3.05) is 0 Å². The summed E-state index contributed by atoms with van der Waals surface area (Å²) in [6.45, 7) is 0.710. The molecule has 1 aromatic heterocycles. The minimum atomic E-state index is -4.69. The zero-order valence-corrected chi connectivity index (χ0v) is 11.6. The van der Waals surface area contributed by atoms with Crippen LogP contribution in [0.5, 0.6) is 0 Å². The quantitative estimate of drug-likeness (QED) is 0.345. The molecule has 0 aliphatic rings. The van der Waals surface area contributed by atoms with Crippen LogP contribution in [0.15, 0.2) is 54.9 Å². The summed E-state index contributed by atoms with van der Waals surface area (Å²) < 4.78 is 34.6. The average Bonchev–Trinajstić information content (AvgIpc) is 2.38. The molecule has 0 saturated carbocycles. The molecule has 0 unspecified atom stereocenters. The highest BCUT2D eigenvalue weighted by atomic mass is 35.7. The van der Waals surface area contributed by atoms with Crippen LogP contribution in [0.4, 0.5) is 0 Å². The van der Waals surface area contributed by atoms with E-state index < -0.39 is 16.1 Å². The molecular weight excluding hydrogens is 300 g/mol. The van der Waals surface area contributed by atoms with Crippen molar-refractivity contribution in [2.45, 2.75) is 6.54 Å². The number of nitrogens with one attached hydrogen (secondary N) is 1. The van der Waals surface area contributed by atoms with E-state index in [1.807, 2.05) is 41.1 Å². The maximum absolute atomic E-state index is 10.9. The van der Waals surface area contributed by atoms with Crippen LogP contribution >= 0.6 is 0 Å². The van der Waals surface area contributed by atoms with E-state index in [0.29, 0.717) is 12.1 Å². The van der Waals surface area contributed by atoms with Gasteiger partial charge in [0.15, 0.2) is 18.9 Å². The number of benzene rings is 1. The highest BCUT2D eigenvalue weighted by molar-refractivity contribution is 5.87. The summed E-state index contributed by atoms with van der Waals surface area (Å²) in [5, 5.41) is 17.9. The van der Waals surface area contributed by atoms with Gasteiger partial charge < -0.3 is 10.5 Å². The second kappa shape index (κ2) is 7.67. The Morgan fingerprint density at radius 2 is 1.67 bits per heavy atom. The fraction of sp³-hybridized carbons (Fsp3) is 0.0769. The SMILES string of the molecule is N=C([O-])c1ccc[n+](Cc2ccccc2)c1.[O-][Cl+3]([O-])([O-])O. The van der Waals surface area contributed by atoms with Crippen molar-refractivity contribution in [3.05, 3.63) is 66.0 Å². The summed E-state index contributed by atoms with van der Waals surface area (Å²) >= 11 is 0. The monoisotopic (exact) mass is 312 g/mol. The number of nitrogens with zero attached hydrogens (tertiary/aromatic N) is 1. The topological polar surface area (TPSA) is 140 Å². The molecule has 0 spiro atoms. The van der Waals surface area contributed by atoms with Crippen LogP contribution in [0.25, 0.3) is 0 Å². The minimum Gasteiger partial charge on any atom is -0.859 e. The van der Waals surface area contributed by atoms with E-state index in [-0.39, 0.29) is 0 Å². The molecule has 2 rings (SSSR count). The van der Waals surface area contributed by atoms with Gasteiger partial charge in [-0.15, -0.1) is 0 Å². The molecular formula is C13H13ClN2O5. The summed E-state index contributed by atoms with van der Waals surface area (Å²) in [7, 11) is -4.69. The van der Waals surface area contributed by atoms with Gasteiger partial charge in [0.1, 0.15) is 0 Å². The smallest absolute Gasteiger partial charge is 0.177 e. The maximum Gasteiger partial charge on any atom is 0.177 e. The van der Waals surface area contributed by atoms with Crippen molar-refractivity contribution >= 4 is 5.90 Å². The fourth-order valence-corrected chi connectivity index (χ4v) is 1.55. The third kappa shape index (κ3) is 7.98. The van der Waals surface area contributed by atoms with E-state index in [1.54, 1.807) is 18.3 Å². The zero-order chi connectivity index (χ0) is 15.9. The largest absolute Gasteiger partial charge is 0.859 e. The van der Waals surface area contributed by atoms with Gasteiger partial charge in [-0.25, -0.2) is 4.57 Å². The summed E-state index contributed by atoms with van der Waals surface area (Å²) in [5.74, 6) is -0.651. The van der Waals surface area contributed by atoms with E-state index in [1.165, 1.54) is 5.56 Å². The van der Waals surface area contributed by atoms with Crippen LogP contribution in [0.3, 0.4) is 0 Å². The van der Waals surface area contributed by atoms with Crippen LogP contribution in [-0.2, 0) is 6.54 Å². The van der Waals surface area contributed by atoms with Crippen molar-refractivity contribution in [2.24, 2.45) is 0 Å². The molecule has 0 fully saturated rings. The van der Waals surface area contributed by atoms with E-state index in [9.17, 15) is 5.11 Å². The average molecular weight is 313 g/mol. The Morgan fingerprint density at radius 1 is 1.10 bits per heavy atom. The molecule has 7 nitrogen and oxygen atoms in total. The molecule has 0 radical (unpaired) electrons. The van der Waals surface area contributed by atoms with E-state index in [4.69, 9.17) is 24.0 Å². The third-order valence-electron chi connectivity index (χ3n) is 2.33. The highest BCUT2D eigenvalue weighted by Crippen LogP contribution is 1.98. The van der Waals surface area contributed by atoms with Crippen molar-refractivity contribution in [1.29, 1.82) is 5.41 Å². The number of halogens is 1. The van der Waals surface area contributed by atoms with Gasteiger partial charge in [-0.2, -0.15) is 14.0 Å². The van der Waals surface area contributed by atoms with Gasteiger partial charge in [0.25, 0.3) is 0 Å². The van der Waals surface area contributed by atoms with E-state index in [0.717, 1.165) is 0 Å². The molecule has 21 heavy (non-hydrogen) atoms. The third-order valence-corrected chi connectivity index (χ3v) is 2.33. The van der Waals surface area contributed by atoms with Gasteiger partial charge in [0.05, 0.1) is 14.9 Å². The Morgan fingerprint density at radius 3 is 2.19 bits per heavy atom. The van der Waals surface area contributed by atoms with E-state index in [2.05, 4.69) is 0 Å². The highest BCUT2D eigenvalue weighted by Gasteiger charge is 2.03. The summed E-state index contributed by atoms with van der Waals surface area (Å²) in [6.07, 6.45) is 3.59. The number of pyridine rings is 1. The lowest BCUT2D eigenvalue weighted by atomic mass is 10.2. The molecule has 2 aromatic rings. The molecule has 0 saturated heterocycles. The van der Waals surface area contributed by atoms with Crippen LogP contribution in [0, 0.1) is 15.7 Å². The molecule has 2 N–H and O–H groups in total. The summed E-state index contributed by atoms with van der Waals surface area (Å²) in [6, 6.07) is 13.4. The van der Waals surface area contributed by atoms with Crippen LogP contribution < -0.4 is 23.7 Å². The molecule has 0 atom stereocenters. The zero-order valence-electron chi connectivity index (χ0n) is 10.8. The Kier molecular flexibility index (Phi) is 6.22. The van der Waals surface area contributed by atoms with Gasteiger partial charge in [-0.1, -0.05) is 30.3 Å². The predicted molar refractivity (Wildman–Crippen MR) is 61.2 cm³/mol. The van der Waals surface area contributed by atoms with E-state index >= 15 is 0 Å².